The fraction of sp³-hybridized carbons (Fsp3) is 0.0588. The first-order chi connectivity index (χ1) is 10.6. The van der Waals surface area contributed by atoms with Gasteiger partial charge in [0.1, 0.15) is 5.82 Å². The quantitative estimate of drug-likeness (QED) is 0.712. The van der Waals surface area contributed by atoms with Gasteiger partial charge in [0.2, 0.25) is 0 Å². The Morgan fingerprint density at radius 2 is 1.86 bits per heavy atom. The first-order valence-electron chi connectivity index (χ1n) is 6.70. The van der Waals surface area contributed by atoms with Crippen molar-refractivity contribution < 1.29 is 4.39 Å². The van der Waals surface area contributed by atoms with Crippen LogP contribution in [0, 0.1) is 5.82 Å². The number of benzene rings is 2. The Hall–Kier alpha value is -2.27. The molecule has 3 nitrogen and oxygen atoms in total. The minimum atomic E-state index is -0.348. The Kier molecular flexibility index (Phi) is 4.15. The molecule has 0 bridgehead atoms. The summed E-state index contributed by atoms with van der Waals surface area (Å²) in [6.07, 6.45) is 2.91. The molecule has 0 saturated heterocycles. The van der Waals surface area contributed by atoms with Crippen molar-refractivity contribution in [2.24, 2.45) is 0 Å². The average molecular weight is 359 g/mol. The third kappa shape index (κ3) is 2.99. The molecule has 22 heavy (non-hydrogen) atoms. The maximum atomic E-state index is 13.9. The number of rotatable bonds is 3. The van der Waals surface area contributed by atoms with Gasteiger partial charge in [0, 0.05) is 21.8 Å². The summed E-state index contributed by atoms with van der Waals surface area (Å²) >= 11 is 3.32. The number of hydrogen-bond donors (Lipinski definition) is 0. The van der Waals surface area contributed by atoms with Gasteiger partial charge in [-0.15, -0.1) is 0 Å². The molecule has 3 rings (SSSR count). The first-order valence-corrected chi connectivity index (χ1v) is 7.49. The lowest BCUT2D eigenvalue weighted by Crippen LogP contribution is -2.21. The number of halogens is 2. The highest BCUT2D eigenvalue weighted by Crippen LogP contribution is 2.21. The van der Waals surface area contributed by atoms with E-state index in [1.165, 1.54) is 16.8 Å². The van der Waals surface area contributed by atoms with Crippen LogP contribution in [0.25, 0.3) is 11.3 Å². The summed E-state index contributed by atoms with van der Waals surface area (Å²) < 4.78 is 16.0. The van der Waals surface area contributed by atoms with Crippen LogP contribution >= 0.6 is 15.9 Å². The van der Waals surface area contributed by atoms with Crippen LogP contribution in [0.2, 0.25) is 0 Å². The number of nitrogens with zero attached hydrogens (tertiary/aromatic N) is 2. The van der Waals surface area contributed by atoms with E-state index in [-0.39, 0.29) is 17.9 Å². The molecule has 3 aromatic rings. The minimum absolute atomic E-state index is 0.147. The molecular formula is C17H12BrFN2O. The normalized spacial score (nSPS) is 10.6. The second-order valence-electron chi connectivity index (χ2n) is 4.80. The fourth-order valence-corrected chi connectivity index (χ4v) is 2.65. The standard InChI is InChI=1S/C17H12BrFN2O/c18-14-7-4-8-15(19)13(14)10-21-11-16(20-9-17(21)22)12-5-2-1-3-6-12/h1-9,11H,10H2. The highest BCUT2D eigenvalue weighted by atomic mass is 79.9. The van der Waals surface area contributed by atoms with Gasteiger partial charge in [-0.05, 0) is 12.1 Å². The Bertz CT molecular complexity index is 842. The summed E-state index contributed by atoms with van der Waals surface area (Å²) in [6.45, 7) is 0.147. The Morgan fingerprint density at radius 1 is 1.09 bits per heavy atom. The van der Waals surface area contributed by atoms with Gasteiger partial charge in [-0.25, -0.2) is 9.37 Å². The number of hydrogen-bond acceptors (Lipinski definition) is 2. The van der Waals surface area contributed by atoms with E-state index in [2.05, 4.69) is 20.9 Å². The molecule has 0 unspecified atom stereocenters. The van der Waals surface area contributed by atoms with Gasteiger partial charge in [-0.2, -0.15) is 0 Å². The zero-order valence-electron chi connectivity index (χ0n) is 11.5. The van der Waals surface area contributed by atoms with Crippen molar-refractivity contribution in [1.82, 2.24) is 9.55 Å². The van der Waals surface area contributed by atoms with Gasteiger partial charge >= 0.3 is 0 Å². The molecule has 0 spiro atoms. The van der Waals surface area contributed by atoms with Crippen molar-refractivity contribution in [3.8, 4) is 11.3 Å². The van der Waals surface area contributed by atoms with Crippen LogP contribution in [0.5, 0.6) is 0 Å². The van der Waals surface area contributed by atoms with Crippen LogP contribution in [-0.2, 0) is 6.54 Å². The molecule has 0 N–H and O–H groups in total. The van der Waals surface area contributed by atoms with E-state index in [9.17, 15) is 9.18 Å². The lowest BCUT2D eigenvalue weighted by molar-refractivity contribution is 0.594. The van der Waals surface area contributed by atoms with Gasteiger partial charge in [-0.1, -0.05) is 52.3 Å². The molecule has 2 aromatic carbocycles. The van der Waals surface area contributed by atoms with E-state index >= 15 is 0 Å². The van der Waals surface area contributed by atoms with Gasteiger partial charge in [0.15, 0.2) is 0 Å². The largest absolute Gasteiger partial charge is 0.307 e. The Labute approximate surface area is 135 Å². The lowest BCUT2D eigenvalue weighted by Gasteiger charge is -2.10. The molecule has 110 valence electrons. The van der Waals surface area contributed by atoms with Crippen LogP contribution < -0.4 is 5.56 Å². The first kappa shape index (κ1) is 14.7. The Balaban J connectivity index is 2.03. The van der Waals surface area contributed by atoms with Gasteiger partial charge < -0.3 is 4.57 Å². The van der Waals surface area contributed by atoms with Crippen molar-refractivity contribution in [1.29, 1.82) is 0 Å². The van der Waals surface area contributed by atoms with E-state index in [1.807, 2.05) is 30.3 Å². The molecule has 0 atom stereocenters. The van der Waals surface area contributed by atoms with Gasteiger partial charge in [0.05, 0.1) is 18.4 Å². The topological polar surface area (TPSA) is 34.9 Å². The van der Waals surface area contributed by atoms with E-state index in [1.54, 1.807) is 18.3 Å². The second kappa shape index (κ2) is 6.23. The summed E-state index contributed by atoms with van der Waals surface area (Å²) in [5, 5.41) is 0. The summed E-state index contributed by atoms with van der Waals surface area (Å²) in [6, 6.07) is 14.3. The third-order valence-electron chi connectivity index (χ3n) is 3.33. The van der Waals surface area contributed by atoms with Crippen LogP contribution in [0.4, 0.5) is 4.39 Å². The molecule has 0 amide bonds. The molecule has 5 heteroatoms. The Morgan fingerprint density at radius 3 is 2.59 bits per heavy atom. The van der Waals surface area contributed by atoms with E-state index in [0.29, 0.717) is 15.7 Å². The fourth-order valence-electron chi connectivity index (χ4n) is 2.18. The van der Waals surface area contributed by atoms with Crippen LogP contribution in [0.3, 0.4) is 0 Å². The second-order valence-corrected chi connectivity index (χ2v) is 5.66. The highest BCUT2D eigenvalue weighted by Gasteiger charge is 2.09. The smallest absolute Gasteiger partial charge is 0.269 e. The van der Waals surface area contributed by atoms with Crippen molar-refractivity contribution >= 4 is 15.9 Å². The summed E-state index contributed by atoms with van der Waals surface area (Å²) in [5.74, 6) is -0.348. The van der Waals surface area contributed by atoms with Crippen molar-refractivity contribution in [3.63, 3.8) is 0 Å². The van der Waals surface area contributed by atoms with Gasteiger partial charge in [0.25, 0.3) is 5.56 Å². The van der Waals surface area contributed by atoms with Gasteiger partial charge in [-0.3, -0.25) is 4.79 Å². The van der Waals surface area contributed by atoms with Crippen LogP contribution in [0.1, 0.15) is 5.56 Å². The predicted molar refractivity (Wildman–Crippen MR) is 87.1 cm³/mol. The molecule has 0 aliphatic rings. The van der Waals surface area contributed by atoms with E-state index in [4.69, 9.17) is 0 Å². The minimum Gasteiger partial charge on any atom is -0.307 e. The molecule has 0 aliphatic heterocycles. The maximum absolute atomic E-state index is 13.9. The molecule has 1 heterocycles. The van der Waals surface area contributed by atoms with Crippen molar-refractivity contribution in [2.45, 2.75) is 6.54 Å². The molecule has 0 radical (unpaired) electrons. The van der Waals surface area contributed by atoms with Crippen molar-refractivity contribution in [2.75, 3.05) is 0 Å². The zero-order valence-corrected chi connectivity index (χ0v) is 13.1. The molecular weight excluding hydrogens is 347 g/mol. The van der Waals surface area contributed by atoms with Crippen LogP contribution in [-0.4, -0.2) is 9.55 Å². The highest BCUT2D eigenvalue weighted by molar-refractivity contribution is 9.10. The maximum Gasteiger partial charge on any atom is 0.269 e. The summed E-state index contributed by atoms with van der Waals surface area (Å²) in [5.41, 5.74) is 1.75. The van der Waals surface area contributed by atoms with Crippen molar-refractivity contribution in [3.05, 3.63) is 87.1 Å². The summed E-state index contributed by atoms with van der Waals surface area (Å²) in [7, 11) is 0. The SMILES string of the molecule is O=c1cnc(-c2ccccc2)cn1Cc1c(F)cccc1Br. The number of aromatic nitrogens is 2. The third-order valence-corrected chi connectivity index (χ3v) is 4.08. The summed E-state index contributed by atoms with van der Waals surface area (Å²) in [4.78, 5) is 16.1. The lowest BCUT2D eigenvalue weighted by atomic mass is 10.1. The zero-order chi connectivity index (χ0) is 15.5. The monoisotopic (exact) mass is 358 g/mol. The van der Waals surface area contributed by atoms with Crippen LogP contribution in [0.15, 0.2) is 70.2 Å². The molecule has 1 aromatic heterocycles. The van der Waals surface area contributed by atoms with E-state index < -0.39 is 0 Å². The average Bonchev–Trinajstić information content (AvgIpc) is 2.53. The predicted octanol–water partition coefficient (Wildman–Crippen LogP) is 3.86. The molecule has 0 fully saturated rings. The molecule has 0 saturated carbocycles. The molecule has 0 aliphatic carbocycles. The van der Waals surface area contributed by atoms with E-state index in [0.717, 1.165) is 5.56 Å².